The molecule has 1 aliphatic carbocycles. The maximum atomic E-state index is 15.4. The highest BCUT2D eigenvalue weighted by Gasteiger charge is 2.50. The molecule has 5 N–H and O–H groups in total. The molecule has 20 heteroatoms. The molecule has 0 radical (unpaired) electrons. The number of nitrogens with one attached hydrogen (secondary N) is 4. The zero-order valence-corrected chi connectivity index (χ0v) is 28.2. The van der Waals surface area contributed by atoms with Crippen molar-refractivity contribution in [2.24, 2.45) is 0 Å². The van der Waals surface area contributed by atoms with E-state index in [1.165, 1.54) is 28.9 Å². The predicted molar refractivity (Wildman–Crippen MR) is 181 cm³/mol. The van der Waals surface area contributed by atoms with Crippen LogP contribution in [0.1, 0.15) is 58.5 Å². The summed E-state index contributed by atoms with van der Waals surface area (Å²) in [4.78, 5) is 76.3. The molecule has 4 aromatic rings. The second-order valence-corrected chi connectivity index (χ2v) is 14.7. The van der Waals surface area contributed by atoms with E-state index in [0.717, 1.165) is 11.0 Å². The number of piperidine rings is 1. The van der Waals surface area contributed by atoms with Gasteiger partial charge in [-0.05, 0) is 61.0 Å². The minimum Gasteiger partial charge on any atom is -0.506 e. The second-order valence-electron chi connectivity index (χ2n) is 13.1. The molecular formula is C33H28FN9O9S. The first-order valence-corrected chi connectivity index (χ1v) is 17.8. The summed E-state index contributed by atoms with van der Waals surface area (Å²) in [5, 5.41) is 27.3. The van der Waals surface area contributed by atoms with Gasteiger partial charge in [0.05, 0.1) is 29.4 Å². The molecule has 0 spiro atoms. The summed E-state index contributed by atoms with van der Waals surface area (Å²) in [6, 6.07) is 8.95. The number of anilines is 3. The first-order chi connectivity index (χ1) is 25.2. The SMILES string of the molecule is O=C1CCC(N2C(=O)c3cccc(NC4(c5cn(CCC(=O)Nc6ccc7c(F)c(N8CC(=O)NS8(=O)=O)c(O)cc7c6)nn5)CC4)c3C2=O)C(=O)N1. The first-order valence-electron chi connectivity index (χ1n) is 16.4. The molecular weight excluding hydrogens is 717 g/mol. The predicted octanol–water partition coefficient (Wildman–Crippen LogP) is 0.988. The van der Waals surface area contributed by atoms with Crippen molar-refractivity contribution in [3.8, 4) is 5.75 Å². The number of carbonyl (C=O) groups excluding carboxylic acids is 6. The Hall–Kier alpha value is -6.44. The lowest BCUT2D eigenvalue weighted by molar-refractivity contribution is -0.136. The van der Waals surface area contributed by atoms with Gasteiger partial charge < -0.3 is 15.7 Å². The number of aromatic hydroxyl groups is 1. The second kappa shape index (κ2) is 12.1. The summed E-state index contributed by atoms with van der Waals surface area (Å²) < 4.78 is 43.5. The lowest BCUT2D eigenvalue weighted by Gasteiger charge is -2.28. The minimum atomic E-state index is -4.37. The maximum absolute atomic E-state index is 15.4. The van der Waals surface area contributed by atoms with Crippen LogP contribution in [0.25, 0.3) is 10.8 Å². The van der Waals surface area contributed by atoms with Crippen LogP contribution in [-0.4, -0.2) is 81.4 Å². The Morgan fingerprint density at radius 1 is 1.06 bits per heavy atom. The van der Waals surface area contributed by atoms with Crippen molar-refractivity contribution in [2.45, 2.75) is 50.2 Å². The van der Waals surface area contributed by atoms with Gasteiger partial charge in [0.2, 0.25) is 17.7 Å². The third kappa shape index (κ3) is 5.76. The molecule has 18 nitrogen and oxygen atoms in total. The summed E-state index contributed by atoms with van der Waals surface area (Å²) >= 11 is 0. The van der Waals surface area contributed by atoms with E-state index in [9.17, 15) is 42.3 Å². The van der Waals surface area contributed by atoms with Crippen molar-refractivity contribution in [2.75, 3.05) is 21.5 Å². The van der Waals surface area contributed by atoms with Crippen LogP contribution in [0.4, 0.5) is 21.5 Å². The molecule has 8 rings (SSSR count). The number of hydrogen-bond acceptors (Lipinski definition) is 12. The Kier molecular flexibility index (Phi) is 7.67. The molecule has 53 heavy (non-hydrogen) atoms. The fourth-order valence-corrected chi connectivity index (χ4v) is 7.98. The van der Waals surface area contributed by atoms with E-state index in [1.807, 2.05) is 0 Å². The number of amides is 6. The van der Waals surface area contributed by atoms with Crippen LogP contribution >= 0.6 is 0 Å². The van der Waals surface area contributed by atoms with E-state index in [0.29, 0.717) is 28.5 Å². The summed E-state index contributed by atoms with van der Waals surface area (Å²) in [6.45, 7) is -0.560. The van der Waals surface area contributed by atoms with Gasteiger partial charge in [-0.2, -0.15) is 8.42 Å². The average molecular weight is 746 g/mol. The molecule has 4 heterocycles. The number of phenolic OH excluding ortho intramolecular Hbond substituents is 1. The highest BCUT2D eigenvalue weighted by molar-refractivity contribution is 7.92. The lowest BCUT2D eigenvalue weighted by atomic mass is 10.0. The van der Waals surface area contributed by atoms with Crippen LogP contribution < -0.4 is 25.0 Å². The van der Waals surface area contributed by atoms with E-state index >= 15 is 4.39 Å². The van der Waals surface area contributed by atoms with Crippen molar-refractivity contribution in [3.05, 3.63) is 71.3 Å². The maximum Gasteiger partial charge on any atom is 0.326 e. The number of carbonyl (C=O) groups is 6. The Labute approximate surface area is 298 Å². The number of rotatable bonds is 9. The summed E-state index contributed by atoms with van der Waals surface area (Å²) in [7, 11) is -4.37. The van der Waals surface area contributed by atoms with Crippen molar-refractivity contribution >= 4 is 73.5 Å². The van der Waals surface area contributed by atoms with E-state index in [2.05, 4.69) is 26.3 Å². The molecule has 4 aliphatic rings. The standard InChI is InChI=1S/C33H28FN9O9S/c34-28-18-5-4-17(12-16(18)13-22(44)29(28)42-15-26(47)39-53(42,51)52)35-25(46)8-11-41-14-23(38-40-41)33(9-10-33)37-20-3-1-2-19-27(20)32(50)43(31(19)49)21-6-7-24(45)36-30(21)48/h1-5,12-14,21,37,44H,6-11,15H2,(H,35,46)(H,39,47)(H,36,45,48). The van der Waals surface area contributed by atoms with Crippen molar-refractivity contribution < 1.29 is 46.7 Å². The van der Waals surface area contributed by atoms with Crippen LogP contribution in [-0.2, 0) is 41.5 Å². The van der Waals surface area contributed by atoms with Gasteiger partial charge in [-0.3, -0.25) is 43.7 Å². The number of benzene rings is 3. The van der Waals surface area contributed by atoms with Crippen molar-refractivity contribution in [1.82, 2.24) is 29.9 Å². The number of fused-ring (bicyclic) bond motifs is 2. The molecule has 1 atom stereocenters. The Bertz CT molecular complexity index is 2450. The zero-order chi connectivity index (χ0) is 37.4. The van der Waals surface area contributed by atoms with E-state index in [4.69, 9.17) is 0 Å². The number of hydrogen-bond donors (Lipinski definition) is 5. The topological polar surface area (TPSA) is 242 Å². The lowest BCUT2D eigenvalue weighted by Crippen LogP contribution is -2.54. The fourth-order valence-electron chi connectivity index (χ4n) is 6.81. The number of phenols is 1. The third-order valence-electron chi connectivity index (χ3n) is 9.57. The third-order valence-corrected chi connectivity index (χ3v) is 11.0. The molecule has 272 valence electrons. The highest BCUT2D eigenvalue weighted by atomic mass is 32.2. The number of halogens is 1. The van der Waals surface area contributed by atoms with Crippen LogP contribution in [0.2, 0.25) is 0 Å². The van der Waals surface area contributed by atoms with E-state index in [1.54, 1.807) is 23.1 Å². The number of nitrogens with zero attached hydrogens (tertiary/aromatic N) is 5. The van der Waals surface area contributed by atoms with Gasteiger partial charge in [0.1, 0.15) is 29.7 Å². The Morgan fingerprint density at radius 3 is 2.57 bits per heavy atom. The monoisotopic (exact) mass is 745 g/mol. The van der Waals surface area contributed by atoms with Crippen molar-refractivity contribution in [1.29, 1.82) is 0 Å². The molecule has 2 saturated heterocycles. The molecule has 0 bridgehead atoms. The quantitative estimate of drug-likeness (QED) is 0.151. The van der Waals surface area contributed by atoms with Gasteiger partial charge in [0.15, 0.2) is 5.82 Å². The minimum absolute atomic E-state index is 0.00629. The summed E-state index contributed by atoms with van der Waals surface area (Å²) in [5.41, 5.74) is 0.106. The van der Waals surface area contributed by atoms with Gasteiger partial charge in [0, 0.05) is 29.6 Å². The summed E-state index contributed by atoms with van der Waals surface area (Å²) in [5.74, 6) is -5.49. The molecule has 1 aromatic heterocycles. The number of imide groups is 2. The normalized spacial score (nSPS) is 20.0. The van der Waals surface area contributed by atoms with Gasteiger partial charge in [-0.25, -0.2) is 13.4 Å². The van der Waals surface area contributed by atoms with Crippen LogP contribution in [0.5, 0.6) is 5.75 Å². The van der Waals surface area contributed by atoms with E-state index in [-0.39, 0.29) is 53.4 Å². The van der Waals surface area contributed by atoms with Gasteiger partial charge in [-0.15, -0.1) is 5.10 Å². The fraction of sp³-hybridized carbons (Fsp3) is 0.273. The Balaban J connectivity index is 0.924. The molecule has 6 amide bonds. The van der Waals surface area contributed by atoms with Crippen LogP contribution in [0.3, 0.4) is 0 Å². The van der Waals surface area contributed by atoms with Crippen LogP contribution in [0, 0.1) is 5.82 Å². The van der Waals surface area contributed by atoms with Gasteiger partial charge in [0.25, 0.3) is 17.7 Å². The van der Waals surface area contributed by atoms with Gasteiger partial charge in [-0.1, -0.05) is 11.3 Å². The molecule has 3 aromatic carbocycles. The van der Waals surface area contributed by atoms with Gasteiger partial charge >= 0.3 is 10.2 Å². The zero-order valence-electron chi connectivity index (χ0n) is 27.4. The summed E-state index contributed by atoms with van der Waals surface area (Å²) in [6.07, 6.45) is 2.95. The van der Waals surface area contributed by atoms with E-state index < -0.39 is 81.0 Å². The average Bonchev–Trinajstić information content (AvgIpc) is 3.48. The molecule has 3 fully saturated rings. The number of aromatic nitrogens is 3. The largest absolute Gasteiger partial charge is 0.506 e. The molecule has 3 aliphatic heterocycles. The molecule has 1 saturated carbocycles. The van der Waals surface area contributed by atoms with Crippen LogP contribution in [0.15, 0.2) is 48.7 Å². The number of aryl methyl sites for hydroxylation is 1. The van der Waals surface area contributed by atoms with Crippen molar-refractivity contribution in [3.63, 3.8) is 0 Å². The molecule has 1 unspecified atom stereocenters. The highest BCUT2D eigenvalue weighted by Crippen LogP contribution is 2.48. The Morgan fingerprint density at radius 2 is 1.85 bits per heavy atom. The first kappa shape index (κ1) is 33.7. The smallest absolute Gasteiger partial charge is 0.326 e.